The third-order valence-corrected chi connectivity index (χ3v) is 5.83. The zero-order chi connectivity index (χ0) is 13.8. The molecule has 0 aromatic rings. The number of hydrogen-bond acceptors (Lipinski definition) is 4. The van der Waals surface area contributed by atoms with Crippen LogP contribution in [0.3, 0.4) is 0 Å². The van der Waals surface area contributed by atoms with Gasteiger partial charge in [0.2, 0.25) is 10.0 Å². The van der Waals surface area contributed by atoms with Gasteiger partial charge < -0.3 is 10.5 Å². The molecular formula is C11H22N2O3S2. The van der Waals surface area contributed by atoms with Crippen molar-refractivity contribution in [3.05, 3.63) is 0 Å². The molecule has 106 valence electrons. The van der Waals surface area contributed by atoms with Gasteiger partial charge >= 0.3 is 0 Å². The Hall–Kier alpha value is -0.240. The van der Waals surface area contributed by atoms with Gasteiger partial charge in [0.25, 0.3) is 0 Å². The highest BCUT2D eigenvalue weighted by Crippen LogP contribution is 2.32. The van der Waals surface area contributed by atoms with Gasteiger partial charge in [0.1, 0.15) is 0 Å². The Balaban J connectivity index is 2.54. The minimum Gasteiger partial charge on any atom is -0.393 e. The summed E-state index contributed by atoms with van der Waals surface area (Å²) in [5.41, 5.74) is 5.49. The second kappa shape index (κ2) is 6.27. The van der Waals surface area contributed by atoms with Gasteiger partial charge in [0.15, 0.2) is 0 Å². The molecule has 2 N–H and O–H groups in total. The Morgan fingerprint density at radius 3 is 2.44 bits per heavy atom. The number of nitrogens with zero attached hydrogens (tertiary/aromatic N) is 1. The number of rotatable bonds is 6. The van der Waals surface area contributed by atoms with E-state index in [1.54, 1.807) is 0 Å². The van der Waals surface area contributed by atoms with Crippen molar-refractivity contribution in [3.8, 4) is 0 Å². The van der Waals surface area contributed by atoms with Crippen LogP contribution in [0.15, 0.2) is 0 Å². The van der Waals surface area contributed by atoms with Crippen molar-refractivity contribution in [2.45, 2.75) is 26.7 Å². The fraction of sp³-hybridized carbons (Fsp3) is 0.909. The predicted octanol–water partition coefficient (Wildman–Crippen LogP) is 0.741. The first-order valence-electron chi connectivity index (χ1n) is 6.17. The van der Waals surface area contributed by atoms with Gasteiger partial charge in [-0.05, 0) is 19.8 Å². The monoisotopic (exact) mass is 294 g/mol. The maximum absolute atomic E-state index is 12.0. The molecule has 1 aliphatic heterocycles. The number of ether oxygens (including phenoxy) is 1. The lowest BCUT2D eigenvalue weighted by Crippen LogP contribution is -2.47. The molecule has 1 rings (SSSR count). The first kappa shape index (κ1) is 15.8. The maximum atomic E-state index is 12.0. The van der Waals surface area contributed by atoms with Crippen molar-refractivity contribution in [2.75, 3.05) is 32.1 Å². The van der Waals surface area contributed by atoms with Gasteiger partial charge in [-0.25, -0.2) is 12.7 Å². The first-order valence-corrected chi connectivity index (χ1v) is 8.19. The Labute approximate surface area is 115 Å². The number of thiocarbonyl (C=S) groups is 1. The van der Waals surface area contributed by atoms with Gasteiger partial charge in [0, 0.05) is 25.1 Å². The fourth-order valence-corrected chi connectivity index (χ4v) is 3.47. The maximum Gasteiger partial charge on any atom is 0.216 e. The first-order chi connectivity index (χ1) is 8.32. The molecule has 0 aliphatic carbocycles. The van der Waals surface area contributed by atoms with E-state index in [9.17, 15) is 8.42 Å². The molecule has 5 nitrogen and oxygen atoms in total. The number of piperidine rings is 1. The lowest BCUT2D eigenvalue weighted by Gasteiger charge is -2.37. The normalized spacial score (nSPS) is 20.8. The largest absolute Gasteiger partial charge is 0.393 e. The van der Waals surface area contributed by atoms with Crippen LogP contribution >= 0.6 is 12.2 Å². The summed E-state index contributed by atoms with van der Waals surface area (Å²) >= 11 is 5.04. The zero-order valence-corrected chi connectivity index (χ0v) is 12.6. The molecule has 1 fully saturated rings. The van der Waals surface area contributed by atoms with E-state index in [0.717, 1.165) is 0 Å². The molecule has 0 amide bonds. The van der Waals surface area contributed by atoms with Crippen LogP contribution in [0, 0.1) is 5.41 Å². The van der Waals surface area contributed by atoms with Gasteiger partial charge in [-0.1, -0.05) is 19.1 Å². The van der Waals surface area contributed by atoms with E-state index in [-0.39, 0.29) is 17.8 Å². The van der Waals surface area contributed by atoms with Crippen LogP contribution in [0.4, 0.5) is 0 Å². The smallest absolute Gasteiger partial charge is 0.216 e. The summed E-state index contributed by atoms with van der Waals surface area (Å²) in [6, 6.07) is 0. The summed E-state index contributed by atoms with van der Waals surface area (Å²) in [7, 11) is -3.21. The highest BCUT2D eigenvalue weighted by atomic mass is 32.2. The van der Waals surface area contributed by atoms with Crippen molar-refractivity contribution in [2.24, 2.45) is 11.1 Å². The van der Waals surface area contributed by atoms with Crippen LogP contribution in [0.5, 0.6) is 0 Å². The highest BCUT2D eigenvalue weighted by Gasteiger charge is 2.36. The van der Waals surface area contributed by atoms with Crippen molar-refractivity contribution in [1.82, 2.24) is 4.31 Å². The molecular weight excluding hydrogens is 272 g/mol. The van der Waals surface area contributed by atoms with Crippen LogP contribution in [0.1, 0.15) is 26.7 Å². The van der Waals surface area contributed by atoms with E-state index >= 15 is 0 Å². The molecule has 7 heteroatoms. The second-order valence-electron chi connectivity index (χ2n) is 4.84. The molecule has 0 bridgehead atoms. The SMILES string of the molecule is CCOCCS(=O)(=O)N1CCC(C)(C(N)=S)CC1. The van der Waals surface area contributed by atoms with E-state index in [1.165, 1.54) is 4.31 Å². The van der Waals surface area contributed by atoms with Gasteiger partial charge in [-0.3, -0.25) is 0 Å². The summed E-state index contributed by atoms with van der Waals surface area (Å²) in [6.07, 6.45) is 1.38. The lowest BCUT2D eigenvalue weighted by atomic mass is 9.81. The lowest BCUT2D eigenvalue weighted by molar-refractivity contribution is 0.161. The zero-order valence-electron chi connectivity index (χ0n) is 11.0. The Bertz CT molecular complexity index is 387. The topological polar surface area (TPSA) is 72.6 Å². The molecule has 1 heterocycles. The van der Waals surface area contributed by atoms with E-state index in [1.807, 2.05) is 13.8 Å². The van der Waals surface area contributed by atoms with Crippen molar-refractivity contribution < 1.29 is 13.2 Å². The van der Waals surface area contributed by atoms with E-state index in [0.29, 0.717) is 37.5 Å². The molecule has 0 saturated carbocycles. The van der Waals surface area contributed by atoms with Crippen molar-refractivity contribution >= 4 is 27.2 Å². The third kappa shape index (κ3) is 3.88. The summed E-state index contributed by atoms with van der Waals surface area (Å²) in [5.74, 6) is 0.0463. The minimum atomic E-state index is -3.21. The number of hydrogen-bond donors (Lipinski definition) is 1. The van der Waals surface area contributed by atoms with Crippen LogP contribution in [-0.2, 0) is 14.8 Å². The average molecular weight is 294 g/mol. The van der Waals surface area contributed by atoms with E-state index in [2.05, 4.69) is 0 Å². The third-order valence-electron chi connectivity index (χ3n) is 3.50. The summed E-state index contributed by atoms with van der Waals surface area (Å²) < 4.78 is 30.7. The standard InChI is InChI=1S/C11H22N2O3S2/c1-3-16-8-9-18(14,15)13-6-4-11(2,5-7-13)10(12)17/h3-9H2,1-2H3,(H2,12,17). The van der Waals surface area contributed by atoms with Gasteiger partial charge in [-0.15, -0.1) is 0 Å². The molecule has 1 aliphatic rings. The Kier molecular flexibility index (Phi) is 5.51. The van der Waals surface area contributed by atoms with Crippen molar-refractivity contribution in [3.63, 3.8) is 0 Å². The van der Waals surface area contributed by atoms with Gasteiger partial charge in [-0.2, -0.15) is 0 Å². The average Bonchev–Trinajstić information content (AvgIpc) is 2.29. The van der Waals surface area contributed by atoms with Crippen LogP contribution in [-0.4, -0.2) is 49.8 Å². The number of sulfonamides is 1. The molecule has 0 radical (unpaired) electrons. The Morgan fingerprint density at radius 1 is 1.44 bits per heavy atom. The van der Waals surface area contributed by atoms with Crippen LogP contribution in [0.2, 0.25) is 0 Å². The molecule has 1 saturated heterocycles. The number of nitrogens with two attached hydrogens (primary N) is 1. The summed E-state index contributed by atoms with van der Waals surface area (Å²) in [5, 5.41) is 0. The van der Waals surface area contributed by atoms with Crippen molar-refractivity contribution in [1.29, 1.82) is 0 Å². The summed E-state index contributed by atoms with van der Waals surface area (Å²) in [4.78, 5) is 0.480. The Morgan fingerprint density at radius 2 is 2.00 bits per heavy atom. The quantitative estimate of drug-likeness (QED) is 0.578. The van der Waals surface area contributed by atoms with Crippen LogP contribution < -0.4 is 5.73 Å². The molecule has 0 unspecified atom stereocenters. The molecule has 0 spiro atoms. The predicted molar refractivity (Wildman–Crippen MR) is 76.0 cm³/mol. The van der Waals surface area contributed by atoms with Crippen LogP contribution in [0.25, 0.3) is 0 Å². The van der Waals surface area contributed by atoms with Gasteiger partial charge in [0.05, 0.1) is 17.3 Å². The van der Waals surface area contributed by atoms with E-state index < -0.39 is 10.0 Å². The molecule has 0 aromatic heterocycles. The second-order valence-corrected chi connectivity index (χ2v) is 7.37. The summed E-state index contributed by atoms with van der Waals surface area (Å²) in [6.45, 7) is 5.61. The minimum absolute atomic E-state index is 0.0463. The van der Waals surface area contributed by atoms with E-state index in [4.69, 9.17) is 22.7 Å². The molecule has 0 aromatic carbocycles. The molecule has 0 atom stereocenters. The fourth-order valence-electron chi connectivity index (χ4n) is 1.94. The highest BCUT2D eigenvalue weighted by molar-refractivity contribution is 7.89. The molecule has 18 heavy (non-hydrogen) atoms.